The highest BCUT2D eigenvalue weighted by atomic mass is 32.2. The van der Waals surface area contributed by atoms with E-state index in [2.05, 4.69) is 10.3 Å². The van der Waals surface area contributed by atoms with Gasteiger partial charge in [0.2, 0.25) is 5.91 Å². The average molecular weight is 398 g/mol. The molecule has 0 bridgehead atoms. The second-order valence-electron chi connectivity index (χ2n) is 6.43. The van der Waals surface area contributed by atoms with Gasteiger partial charge in [0, 0.05) is 13.2 Å². The van der Waals surface area contributed by atoms with E-state index in [1.807, 2.05) is 43.3 Å². The number of carbonyl (C=O) groups excluding carboxylic acids is 1. The maximum atomic E-state index is 12.8. The van der Waals surface area contributed by atoms with E-state index in [1.165, 1.54) is 16.3 Å². The average Bonchev–Trinajstić information content (AvgIpc) is 2.72. The molecule has 2 N–H and O–H groups in total. The smallest absolute Gasteiger partial charge is 0.262 e. The third-order valence-electron chi connectivity index (χ3n) is 4.38. The van der Waals surface area contributed by atoms with E-state index in [0.29, 0.717) is 29.0 Å². The molecule has 0 aliphatic carbocycles. The van der Waals surface area contributed by atoms with Crippen LogP contribution in [-0.2, 0) is 11.3 Å². The van der Waals surface area contributed by atoms with E-state index in [4.69, 9.17) is 5.11 Å². The van der Waals surface area contributed by atoms with Gasteiger partial charge in [-0.05, 0) is 31.0 Å². The van der Waals surface area contributed by atoms with Crippen molar-refractivity contribution in [3.8, 4) is 0 Å². The van der Waals surface area contributed by atoms with E-state index in [9.17, 15) is 9.59 Å². The van der Waals surface area contributed by atoms with Crippen LogP contribution in [0.3, 0.4) is 0 Å². The van der Waals surface area contributed by atoms with E-state index in [-0.39, 0.29) is 29.9 Å². The molecule has 1 atom stereocenters. The van der Waals surface area contributed by atoms with Crippen LogP contribution in [0.5, 0.6) is 0 Å². The topological polar surface area (TPSA) is 84.2 Å². The van der Waals surface area contributed by atoms with Gasteiger partial charge >= 0.3 is 0 Å². The number of carbonyl (C=O) groups is 1. The summed E-state index contributed by atoms with van der Waals surface area (Å²) in [6, 6.07) is 16.8. The van der Waals surface area contributed by atoms with Crippen LogP contribution in [0.4, 0.5) is 0 Å². The minimum absolute atomic E-state index is 0.0154. The number of benzene rings is 2. The lowest BCUT2D eigenvalue weighted by Crippen LogP contribution is -2.29. The van der Waals surface area contributed by atoms with Crippen molar-refractivity contribution in [3.05, 3.63) is 70.5 Å². The fourth-order valence-electron chi connectivity index (χ4n) is 2.92. The first-order valence-electron chi connectivity index (χ1n) is 9.17. The lowest BCUT2D eigenvalue weighted by atomic mass is 10.1. The molecule has 0 fully saturated rings. The quantitative estimate of drug-likeness (QED) is 0.451. The molecule has 28 heavy (non-hydrogen) atoms. The van der Waals surface area contributed by atoms with Gasteiger partial charge in [-0.25, -0.2) is 4.98 Å². The fraction of sp³-hybridized carbons (Fsp3) is 0.286. The summed E-state index contributed by atoms with van der Waals surface area (Å²) in [4.78, 5) is 29.7. The van der Waals surface area contributed by atoms with Crippen molar-refractivity contribution < 1.29 is 9.90 Å². The maximum Gasteiger partial charge on any atom is 0.262 e. The third kappa shape index (κ3) is 4.79. The van der Waals surface area contributed by atoms with E-state index in [1.54, 1.807) is 18.2 Å². The fourth-order valence-corrected chi connectivity index (χ4v) is 3.76. The van der Waals surface area contributed by atoms with E-state index in [0.717, 1.165) is 5.56 Å². The molecule has 1 amide bonds. The molecule has 1 aromatic heterocycles. The highest BCUT2D eigenvalue weighted by Crippen LogP contribution is 2.19. The molecule has 0 radical (unpaired) electrons. The molecule has 0 unspecified atom stereocenters. The zero-order chi connectivity index (χ0) is 19.9. The molecule has 0 spiro atoms. The number of hydrogen-bond donors (Lipinski definition) is 2. The molecule has 7 heteroatoms. The highest BCUT2D eigenvalue weighted by molar-refractivity contribution is 7.99. The van der Waals surface area contributed by atoms with Crippen LogP contribution in [-0.4, -0.2) is 32.9 Å². The normalized spacial score (nSPS) is 12.1. The minimum Gasteiger partial charge on any atom is -0.396 e. The predicted molar refractivity (Wildman–Crippen MR) is 111 cm³/mol. The lowest BCUT2D eigenvalue weighted by molar-refractivity contribution is -0.119. The Kier molecular flexibility index (Phi) is 6.84. The molecule has 0 aliphatic heterocycles. The molecular weight excluding hydrogens is 374 g/mol. The van der Waals surface area contributed by atoms with Crippen LogP contribution in [0.15, 0.2) is 64.5 Å². The summed E-state index contributed by atoms with van der Waals surface area (Å²) in [5, 5.41) is 13.1. The first kappa shape index (κ1) is 20.1. The lowest BCUT2D eigenvalue weighted by Gasteiger charge is -2.15. The molecule has 2 aromatic carbocycles. The van der Waals surface area contributed by atoms with Gasteiger partial charge in [-0.1, -0.05) is 54.2 Å². The van der Waals surface area contributed by atoms with Crippen molar-refractivity contribution in [1.82, 2.24) is 14.9 Å². The number of nitrogens with zero attached hydrogens (tertiary/aromatic N) is 2. The van der Waals surface area contributed by atoms with Gasteiger partial charge in [0.05, 0.1) is 22.7 Å². The van der Waals surface area contributed by atoms with Crippen LogP contribution in [0.1, 0.15) is 24.9 Å². The molecule has 0 aliphatic rings. The number of fused-ring (bicyclic) bond motifs is 1. The van der Waals surface area contributed by atoms with Crippen molar-refractivity contribution >= 4 is 28.6 Å². The Morgan fingerprint density at radius 1 is 1.18 bits per heavy atom. The van der Waals surface area contributed by atoms with Crippen LogP contribution in [0, 0.1) is 0 Å². The summed E-state index contributed by atoms with van der Waals surface area (Å²) in [6.45, 7) is 2.28. The Bertz CT molecular complexity index is 1000. The van der Waals surface area contributed by atoms with Gasteiger partial charge < -0.3 is 10.4 Å². The SMILES string of the molecule is C[C@H](NC(=O)CSc1nc2ccccc2c(=O)n1CCCO)c1ccccc1. The molecule has 146 valence electrons. The molecule has 3 rings (SSSR count). The molecular formula is C21H23N3O3S. The summed E-state index contributed by atoms with van der Waals surface area (Å²) in [5.41, 5.74) is 1.48. The first-order chi connectivity index (χ1) is 13.6. The van der Waals surface area contributed by atoms with Gasteiger partial charge in [0.1, 0.15) is 0 Å². The number of hydrogen-bond acceptors (Lipinski definition) is 5. The maximum absolute atomic E-state index is 12.8. The summed E-state index contributed by atoms with van der Waals surface area (Å²) in [7, 11) is 0. The Balaban J connectivity index is 1.75. The number of nitrogens with one attached hydrogen (secondary N) is 1. The third-order valence-corrected chi connectivity index (χ3v) is 5.35. The zero-order valence-corrected chi connectivity index (χ0v) is 16.5. The highest BCUT2D eigenvalue weighted by Gasteiger charge is 2.14. The summed E-state index contributed by atoms with van der Waals surface area (Å²) < 4.78 is 1.54. The Morgan fingerprint density at radius 2 is 1.89 bits per heavy atom. The van der Waals surface area contributed by atoms with Crippen molar-refractivity contribution in [1.29, 1.82) is 0 Å². The number of para-hydroxylation sites is 1. The molecule has 6 nitrogen and oxygen atoms in total. The molecule has 0 saturated carbocycles. The Hall–Kier alpha value is -2.64. The molecule has 1 heterocycles. The van der Waals surface area contributed by atoms with E-state index >= 15 is 0 Å². The number of thioether (sulfide) groups is 1. The predicted octanol–water partition coefficient (Wildman–Crippen LogP) is 2.75. The second-order valence-corrected chi connectivity index (χ2v) is 7.38. The van der Waals surface area contributed by atoms with Gasteiger partial charge in [0.25, 0.3) is 5.56 Å². The monoisotopic (exact) mass is 397 g/mol. The van der Waals surface area contributed by atoms with Gasteiger partial charge in [-0.15, -0.1) is 0 Å². The standard InChI is InChI=1S/C21H23N3O3S/c1-15(16-8-3-2-4-9-16)22-19(26)14-28-21-23-18-11-6-5-10-17(18)20(27)24(21)12-7-13-25/h2-6,8-11,15,25H,7,12-14H2,1H3,(H,22,26)/t15-/m0/s1. The number of amides is 1. The number of aromatic nitrogens is 2. The molecule has 0 saturated heterocycles. The molecule has 3 aromatic rings. The Labute approximate surface area is 167 Å². The second kappa shape index (κ2) is 9.52. The van der Waals surface area contributed by atoms with Gasteiger partial charge in [0.15, 0.2) is 5.16 Å². The zero-order valence-electron chi connectivity index (χ0n) is 15.7. The number of aliphatic hydroxyl groups excluding tert-OH is 1. The van der Waals surface area contributed by atoms with Crippen molar-refractivity contribution in [2.24, 2.45) is 0 Å². The number of rotatable bonds is 8. The van der Waals surface area contributed by atoms with Crippen LogP contribution >= 0.6 is 11.8 Å². The summed E-state index contributed by atoms with van der Waals surface area (Å²) in [5.74, 6) is 0.0265. The Morgan fingerprint density at radius 3 is 2.64 bits per heavy atom. The van der Waals surface area contributed by atoms with Gasteiger partial charge in [-0.2, -0.15) is 0 Å². The van der Waals surface area contributed by atoms with Crippen LogP contribution < -0.4 is 10.9 Å². The number of aliphatic hydroxyl groups is 1. The minimum atomic E-state index is -0.153. The largest absolute Gasteiger partial charge is 0.396 e. The van der Waals surface area contributed by atoms with Crippen molar-refractivity contribution in [2.75, 3.05) is 12.4 Å². The summed E-state index contributed by atoms with van der Waals surface area (Å²) >= 11 is 1.23. The van der Waals surface area contributed by atoms with Gasteiger partial charge in [-0.3, -0.25) is 14.2 Å². The van der Waals surface area contributed by atoms with E-state index < -0.39 is 0 Å². The summed E-state index contributed by atoms with van der Waals surface area (Å²) in [6.07, 6.45) is 0.449. The van der Waals surface area contributed by atoms with Crippen LogP contribution in [0.25, 0.3) is 10.9 Å². The van der Waals surface area contributed by atoms with Crippen LogP contribution in [0.2, 0.25) is 0 Å². The first-order valence-corrected chi connectivity index (χ1v) is 10.2. The van der Waals surface area contributed by atoms with Crippen molar-refractivity contribution in [2.45, 2.75) is 31.1 Å². The van der Waals surface area contributed by atoms with Crippen molar-refractivity contribution in [3.63, 3.8) is 0 Å².